The zero-order chi connectivity index (χ0) is 8.97. The van der Waals surface area contributed by atoms with E-state index in [1.807, 2.05) is 0 Å². The Labute approximate surface area is 74.3 Å². The Morgan fingerprint density at radius 1 is 1.33 bits per heavy atom. The molecule has 12 heavy (non-hydrogen) atoms. The van der Waals surface area contributed by atoms with Gasteiger partial charge in [-0.05, 0) is 12.8 Å². The Kier molecular flexibility index (Phi) is 3.73. The highest BCUT2D eigenvalue weighted by atomic mass is 16.5. The number of ether oxygens (including phenoxy) is 1. The largest absolute Gasteiger partial charge is 0.374 e. The first-order valence-electron chi connectivity index (χ1n) is 4.93. The van der Waals surface area contributed by atoms with Crippen molar-refractivity contribution < 1.29 is 9.53 Å². The van der Waals surface area contributed by atoms with E-state index >= 15 is 0 Å². The van der Waals surface area contributed by atoms with Crippen LogP contribution in [-0.4, -0.2) is 18.0 Å². The predicted molar refractivity (Wildman–Crippen MR) is 48.1 cm³/mol. The van der Waals surface area contributed by atoms with Gasteiger partial charge in [0.25, 0.3) is 0 Å². The minimum absolute atomic E-state index is 0.197. The van der Waals surface area contributed by atoms with Crippen molar-refractivity contribution in [1.29, 1.82) is 0 Å². The van der Waals surface area contributed by atoms with Crippen molar-refractivity contribution in [3.8, 4) is 0 Å². The van der Waals surface area contributed by atoms with Crippen molar-refractivity contribution in [2.45, 2.75) is 58.2 Å². The topological polar surface area (TPSA) is 26.3 Å². The van der Waals surface area contributed by atoms with Crippen molar-refractivity contribution in [2.24, 2.45) is 0 Å². The molecule has 1 heterocycles. The van der Waals surface area contributed by atoms with Crippen LogP contribution in [0.15, 0.2) is 0 Å². The second-order valence-electron chi connectivity index (χ2n) is 3.52. The number of Topliss-reactive ketones (excluding diaryl/α,β-unsaturated/α-hetero) is 1. The standard InChI is InChI=1S/C10H18O2/c1-3-5-10-7-8(11)6-9(4-2)12-10/h9-10H,3-7H2,1-2H3. The summed E-state index contributed by atoms with van der Waals surface area (Å²) in [6.07, 6.45) is 4.79. The number of carbonyl (C=O) groups excluding carboxylic acids is 1. The van der Waals surface area contributed by atoms with Gasteiger partial charge in [0, 0.05) is 12.8 Å². The van der Waals surface area contributed by atoms with E-state index < -0.39 is 0 Å². The first-order chi connectivity index (χ1) is 5.76. The van der Waals surface area contributed by atoms with E-state index in [1.54, 1.807) is 0 Å². The fourth-order valence-corrected chi connectivity index (χ4v) is 1.69. The molecular formula is C10H18O2. The number of rotatable bonds is 3. The number of hydrogen-bond acceptors (Lipinski definition) is 2. The Hall–Kier alpha value is -0.370. The summed E-state index contributed by atoms with van der Waals surface area (Å²) in [5.41, 5.74) is 0. The van der Waals surface area contributed by atoms with Crippen LogP contribution in [0.2, 0.25) is 0 Å². The smallest absolute Gasteiger partial charge is 0.138 e. The lowest BCUT2D eigenvalue weighted by molar-refractivity contribution is -0.135. The first-order valence-corrected chi connectivity index (χ1v) is 4.93. The van der Waals surface area contributed by atoms with Gasteiger partial charge in [-0.1, -0.05) is 20.3 Å². The molecule has 2 nitrogen and oxygen atoms in total. The van der Waals surface area contributed by atoms with E-state index in [1.165, 1.54) is 0 Å². The molecule has 2 heteroatoms. The number of ketones is 1. The van der Waals surface area contributed by atoms with Crippen LogP contribution in [0, 0.1) is 0 Å². The van der Waals surface area contributed by atoms with Gasteiger partial charge in [-0.3, -0.25) is 4.79 Å². The Morgan fingerprint density at radius 3 is 2.58 bits per heavy atom. The molecule has 1 rings (SSSR count). The van der Waals surface area contributed by atoms with Crippen molar-refractivity contribution in [1.82, 2.24) is 0 Å². The third-order valence-electron chi connectivity index (χ3n) is 2.36. The minimum atomic E-state index is 0.197. The van der Waals surface area contributed by atoms with Crippen molar-refractivity contribution in [3.05, 3.63) is 0 Å². The molecule has 2 atom stereocenters. The van der Waals surface area contributed by atoms with Crippen LogP contribution >= 0.6 is 0 Å². The van der Waals surface area contributed by atoms with Crippen molar-refractivity contribution >= 4 is 5.78 Å². The van der Waals surface area contributed by atoms with Crippen molar-refractivity contribution in [3.63, 3.8) is 0 Å². The predicted octanol–water partition coefficient (Wildman–Crippen LogP) is 2.31. The normalized spacial score (nSPS) is 30.7. The molecule has 0 aromatic heterocycles. The van der Waals surface area contributed by atoms with Gasteiger partial charge < -0.3 is 4.74 Å². The lowest BCUT2D eigenvalue weighted by atomic mass is 9.99. The van der Waals surface area contributed by atoms with Gasteiger partial charge in [0.05, 0.1) is 12.2 Å². The lowest BCUT2D eigenvalue weighted by Gasteiger charge is -2.28. The summed E-state index contributed by atoms with van der Waals surface area (Å²) >= 11 is 0. The molecule has 0 aromatic carbocycles. The summed E-state index contributed by atoms with van der Waals surface area (Å²) < 4.78 is 5.73. The fourth-order valence-electron chi connectivity index (χ4n) is 1.69. The van der Waals surface area contributed by atoms with Gasteiger partial charge in [0.1, 0.15) is 5.78 Å². The maximum Gasteiger partial charge on any atom is 0.138 e. The number of carbonyl (C=O) groups is 1. The van der Waals surface area contributed by atoms with Crippen LogP contribution in [0.4, 0.5) is 0 Å². The minimum Gasteiger partial charge on any atom is -0.374 e. The molecule has 1 aliphatic heterocycles. The zero-order valence-corrected chi connectivity index (χ0v) is 8.01. The lowest BCUT2D eigenvalue weighted by Crippen LogP contribution is -2.32. The summed E-state index contributed by atoms with van der Waals surface area (Å²) in [5.74, 6) is 0.381. The Balaban J connectivity index is 2.39. The molecule has 0 radical (unpaired) electrons. The Bertz CT molecular complexity index is 154. The highest BCUT2D eigenvalue weighted by Crippen LogP contribution is 2.21. The van der Waals surface area contributed by atoms with E-state index in [4.69, 9.17) is 4.74 Å². The maximum atomic E-state index is 11.2. The highest BCUT2D eigenvalue weighted by molar-refractivity contribution is 5.80. The van der Waals surface area contributed by atoms with E-state index in [2.05, 4.69) is 13.8 Å². The highest BCUT2D eigenvalue weighted by Gasteiger charge is 2.25. The molecule has 0 spiro atoms. The molecule has 0 N–H and O–H groups in total. The summed E-state index contributed by atoms with van der Waals surface area (Å²) in [4.78, 5) is 11.2. The third-order valence-corrected chi connectivity index (χ3v) is 2.36. The van der Waals surface area contributed by atoms with Gasteiger partial charge >= 0.3 is 0 Å². The molecule has 1 aliphatic rings. The van der Waals surface area contributed by atoms with Crippen LogP contribution in [-0.2, 0) is 9.53 Å². The maximum absolute atomic E-state index is 11.2. The van der Waals surface area contributed by atoms with Gasteiger partial charge in [0.15, 0.2) is 0 Å². The summed E-state index contributed by atoms with van der Waals surface area (Å²) in [6, 6.07) is 0. The molecule has 0 aliphatic carbocycles. The summed E-state index contributed by atoms with van der Waals surface area (Å²) in [7, 11) is 0. The molecule has 0 saturated carbocycles. The van der Waals surface area contributed by atoms with Gasteiger partial charge in [-0.25, -0.2) is 0 Å². The van der Waals surface area contributed by atoms with Crippen LogP contribution in [0.25, 0.3) is 0 Å². The van der Waals surface area contributed by atoms with E-state index in [-0.39, 0.29) is 12.2 Å². The molecule has 1 saturated heterocycles. The Morgan fingerprint density at radius 2 is 2.00 bits per heavy atom. The van der Waals surface area contributed by atoms with E-state index in [0.717, 1.165) is 19.3 Å². The SMILES string of the molecule is CCCC1CC(=O)CC(CC)O1. The second kappa shape index (κ2) is 4.61. The molecule has 1 fully saturated rings. The molecule has 0 aromatic rings. The van der Waals surface area contributed by atoms with E-state index in [0.29, 0.717) is 18.6 Å². The van der Waals surface area contributed by atoms with Gasteiger partial charge in [-0.15, -0.1) is 0 Å². The van der Waals surface area contributed by atoms with Gasteiger partial charge in [0.2, 0.25) is 0 Å². The quantitative estimate of drug-likeness (QED) is 0.649. The first kappa shape index (κ1) is 9.72. The monoisotopic (exact) mass is 170 g/mol. The number of hydrogen-bond donors (Lipinski definition) is 0. The van der Waals surface area contributed by atoms with Gasteiger partial charge in [-0.2, -0.15) is 0 Å². The molecule has 0 amide bonds. The fraction of sp³-hybridized carbons (Fsp3) is 0.900. The zero-order valence-electron chi connectivity index (χ0n) is 8.01. The van der Waals surface area contributed by atoms with Crippen LogP contribution in [0.1, 0.15) is 46.0 Å². The third kappa shape index (κ3) is 2.59. The second-order valence-corrected chi connectivity index (χ2v) is 3.52. The van der Waals surface area contributed by atoms with E-state index in [9.17, 15) is 4.79 Å². The van der Waals surface area contributed by atoms with Crippen LogP contribution in [0.5, 0.6) is 0 Å². The summed E-state index contributed by atoms with van der Waals surface area (Å²) in [6.45, 7) is 4.20. The molecule has 0 bridgehead atoms. The molecule has 2 unspecified atom stereocenters. The summed E-state index contributed by atoms with van der Waals surface area (Å²) in [5, 5.41) is 0. The molecular weight excluding hydrogens is 152 g/mol. The van der Waals surface area contributed by atoms with Crippen LogP contribution < -0.4 is 0 Å². The van der Waals surface area contributed by atoms with Crippen LogP contribution in [0.3, 0.4) is 0 Å². The average Bonchev–Trinajstić information content (AvgIpc) is 2.04. The van der Waals surface area contributed by atoms with Crippen molar-refractivity contribution in [2.75, 3.05) is 0 Å². The average molecular weight is 170 g/mol. The molecule has 70 valence electrons.